The minimum Gasteiger partial charge on any atom is -0.490 e. The third kappa shape index (κ3) is 3.40. The Morgan fingerprint density at radius 1 is 1.21 bits per heavy atom. The molecule has 1 heterocycles. The monoisotopic (exact) mass is 271 g/mol. The zero-order chi connectivity index (χ0) is 13.9. The molecule has 0 bridgehead atoms. The molecule has 0 saturated carbocycles. The molecule has 0 aliphatic rings. The van der Waals surface area contributed by atoms with Gasteiger partial charge in [-0.3, -0.25) is 4.68 Å². The van der Waals surface area contributed by atoms with Gasteiger partial charge in [-0.15, -0.1) is 0 Å². The molecular formula is C12H12F3N3O. The molecule has 102 valence electrons. The van der Waals surface area contributed by atoms with Crippen LogP contribution in [0.4, 0.5) is 18.9 Å². The van der Waals surface area contributed by atoms with Gasteiger partial charge in [-0.1, -0.05) is 12.1 Å². The SMILES string of the molecule is Nc1ccccc1OCCn1ccc(C(F)(F)F)n1. The van der Waals surface area contributed by atoms with Gasteiger partial charge in [0.15, 0.2) is 5.69 Å². The van der Waals surface area contributed by atoms with E-state index in [2.05, 4.69) is 5.10 Å². The highest BCUT2D eigenvalue weighted by Crippen LogP contribution is 2.27. The topological polar surface area (TPSA) is 53.1 Å². The van der Waals surface area contributed by atoms with E-state index in [4.69, 9.17) is 10.5 Å². The van der Waals surface area contributed by atoms with Crippen molar-refractivity contribution in [3.05, 3.63) is 42.2 Å². The molecule has 0 fully saturated rings. The van der Waals surface area contributed by atoms with Crippen LogP contribution in [0.25, 0.3) is 0 Å². The Morgan fingerprint density at radius 3 is 2.58 bits per heavy atom. The summed E-state index contributed by atoms with van der Waals surface area (Å²) in [7, 11) is 0. The van der Waals surface area contributed by atoms with E-state index in [1.54, 1.807) is 24.3 Å². The third-order valence-electron chi connectivity index (χ3n) is 2.43. The van der Waals surface area contributed by atoms with Crippen LogP contribution in [0.3, 0.4) is 0 Å². The smallest absolute Gasteiger partial charge is 0.435 e. The Labute approximate surface area is 107 Å². The zero-order valence-electron chi connectivity index (χ0n) is 9.89. The van der Waals surface area contributed by atoms with Crippen LogP contribution in [0.1, 0.15) is 5.69 Å². The van der Waals surface area contributed by atoms with Gasteiger partial charge < -0.3 is 10.5 Å². The van der Waals surface area contributed by atoms with Crippen molar-refractivity contribution in [2.24, 2.45) is 0 Å². The molecule has 0 saturated heterocycles. The number of rotatable bonds is 4. The van der Waals surface area contributed by atoms with Gasteiger partial charge >= 0.3 is 6.18 Å². The van der Waals surface area contributed by atoms with Crippen molar-refractivity contribution >= 4 is 5.69 Å². The van der Waals surface area contributed by atoms with E-state index in [1.165, 1.54) is 10.9 Å². The number of halogens is 3. The molecule has 0 amide bonds. The van der Waals surface area contributed by atoms with E-state index in [0.717, 1.165) is 6.07 Å². The maximum atomic E-state index is 12.3. The summed E-state index contributed by atoms with van der Waals surface area (Å²) < 4.78 is 43.5. The highest BCUT2D eigenvalue weighted by atomic mass is 19.4. The summed E-state index contributed by atoms with van der Waals surface area (Å²) >= 11 is 0. The fourth-order valence-corrected chi connectivity index (χ4v) is 1.50. The van der Waals surface area contributed by atoms with Crippen LogP contribution in [0, 0.1) is 0 Å². The fourth-order valence-electron chi connectivity index (χ4n) is 1.50. The fraction of sp³-hybridized carbons (Fsp3) is 0.250. The number of anilines is 1. The Kier molecular flexibility index (Phi) is 3.64. The Morgan fingerprint density at radius 2 is 1.95 bits per heavy atom. The van der Waals surface area contributed by atoms with Gasteiger partial charge in [0, 0.05) is 6.20 Å². The molecule has 1 aromatic carbocycles. The Bertz CT molecular complexity index is 551. The summed E-state index contributed by atoms with van der Waals surface area (Å²) in [5.41, 5.74) is 5.24. The molecule has 0 spiro atoms. The minimum atomic E-state index is -4.42. The van der Waals surface area contributed by atoms with Gasteiger partial charge in [-0.05, 0) is 18.2 Å². The number of aromatic nitrogens is 2. The first kappa shape index (κ1) is 13.3. The molecular weight excluding hydrogens is 259 g/mol. The van der Waals surface area contributed by atoms with E-state index in [1.807, 2.05) is 0 Å². The lowest BCUT2D eigenvalue weighted by atomic mass is 10.3. The maximum absolute atomic E-state index is 12.3. The predicted octanol–water partition coefficient (Wildman–Crippen LogP) is 2.56. The van der Waals surface area contributed by atoms with Crippen molar-refractivity contribution < 1.29 is 17.9 Å². The molecule has 0 radical (unpaired) electrons. The van der Waals surface area contributed by atoms with Gasteiger partial charge in [-0.25, -0.2) is 0 Å². The average molecular weight is 271 g/mol. The molecule has 19 heavy (non-hydrogen) atoms. The summed E-state index contributed by atoms with van der Waals surface area (Å²) in [5.74, 6) is 0.505. The normalized spacial score (nSPS) is 11.5. The van der Waals surface area contributed by atoms with Gasteiger partial charge in [-0.2, -0.15) is 18.3 Å². The number of hydrogen-bond donors (Lipinski definition) is 1. The van der Waals surface area contributed by atoms with Crippen molar-refractivity contribution in [3.63, 3.8) is 0 Å². The van der Waals surface area contributed by atoms with Crippen LogP contribution < -0.4 is 10.5 Å². The lowest BCUT2D eigenvalue weighted by Gasteiger charge is -2.08. The van der Waals surface area contributed by atoms with Crippen LogP contribution in [0.5, 0.6) is 5.75 Å². The van der Waals surface area contributed by atoms with E-state index in [9.17, 15) is 13.2 Å². The molecule has 0 aliphatic carbocycles. The molecule has 0 aliphatic heterocycles. The molecule has 0 atom stereocenters. The van der Waals surface area contributed by atoms with E-state index in [-0.39, 0.29) is 13.2 Å². The first-order valence-electron chi connectivity index (χ1n) is 5.55. The highest BCUT2D eigenvalue weighted by molar-refractivity contribution is 5.51. The minimum absolute atomic E-state index is 0.188. The number of benzene rings is 1. The Balaban J connectivity index is 1.90. The van der Waals surface area contributed by atoms with Crippen LogP contribution in [0.2, 0.25) is 0 Å². The molecule has 2 N–H and O–H groups in total. The molecule has 2 aromatic rings. The van der Waals surface area contributed by atoms with Crippen molar-refractivity contribution in [2.75, 3.05) is 12.3 Å². The zero-order valence-corrected chi connectivity index (χ0v) is 9.89. The number of ether oxygens (including phenoxy) is 1. The maximum Gasteiger partial charge on any atom is 0.435 e. The van der Waals surface area contributed by atoms with Crippen molar-refractivity contribution in [1.29, 1.82) is 0 Å². The second kappa shape index (κ2) is 5.21. The van der Waals surface area contributed by atoms with Crippen LogP contribution in [-0.4, -0.2) is 16.4 Å². The van der Waals surface area contributed by atoms with E-state index < -0.39 is 11.9 Å². The Hall–Kier alpha value is -2.18. The van der Waals surface area contributed by atoms with E-state index >= 15 is 0 Å². The average Bonchev–Trinajstić information content (AvgIpc) is 2.80. The predicted molar refractivity (Wildman–Crippen MR) is 63.6 cm³/mol. The molecule has 1 aromatic heterocycles. The van der Waals surface area contributed by atoms with Gasteiger partial charge in [0.1, 0.15) is 12.4 Å². The summed E-state index contributed by atoms with van der Waals surface area (Å²) in [6.45, 7) is 0.400. The molecule has 2 rings (SSSR count). The van der Waals surface area contributed by atoms with Gasteiger partial charge in [0.2, 0.25) is 0 Å². The number of nitrogen functional groups attached to an aromatic ring is 1. The van der Waals surface area contributed by atoms with Crippen LogP contribution >= 0.6 is 0 Å². The number of para-hydroxylation sites is 2. The third-order valence-corrected chi connectivity index (χ3v) is 2.43. The van der Waals surface area contributed by atoms with Crippen molar-refractivity contribution in [1.82, 2.24) is 9.78 Å². The molecule has 4 nitrogen and oxygen atoms in total. The number of nitrogens with two attached hydrogens (primary N) is 1. The summed E-state index contributed by atoms with van der Waals surface area (Å²) in [4.78, 5) is 0. The summed E-state index contributed by atoms with van der Waals surface area (Å²) in [6.07, 6.45) is -3.16. The lowest BCUT2D eigenvalue weighted by Crippen LogP contribution is -2.12. The first-order chi connectivity index (χ1) is 8.97. The van der Waals surface area contributed by atoms with E-state index in [0.29, 0.717) is 11.4 Å². The highest BCUT2D eigenvalue weighted by Gasteiger charge is 2.33. The second-order valence-electron chi connectivity index (χ2n) is 3.85. The number of alkyl halides is 3. The van der Waals surface area contributed by atoms with Gasteiger partial charge in [0.05, 0.1) is 12.2 Å². The summed E-state index contributed by atoms with van der Waals surface area (Å²) in [6, 6.07) is 7.84. The number of nitrogens with zero attached hydrogens (tertiary/aromatic N) is 2. The quantitative estimate of drug-likeness (QED) is 0.869. The molecule has 7 heteroatoms. The van der Waals surface area contributed by atoms with Crippen LogP contribution in [-0.2, 0) is 12.7 Å². The summed E-state index contributed by atoms with van der Waals surface area (Å²) in [5, 5.41) is 3.42. The van der Waals surface area contributed by atoms with Crippen LogP contribution in [0.15, 0.2) is 36.5 Å². The lowest BCUT2D eigenvalue weighted by molar-refractivity contribution is -0.141. The molecule has 0 unspecified atom stereocenters. The van der Waals surface area contributed by atoms with Gasteiger partial charge in [0.25, 0.3) is 0 Å². The largest absolute Gasteiger partial charge is 0.490 e. The van der Waals surface area contributed by atoms with Crippen molar-refractivity contribution in [3.8, 4) is 5.75 Å². The van der Waals surface area contributed by atoms with Crippen molar-refractivity contribution in [2.45, 2.75) is 12.7 Å². The standard InChI is InChI=1S/C12H12F3N3O/c13-12(14,15)11-5-6-18(17-11)7-8-19-10-4-2-1-3-9(10)16/h1-6H,7-8,16H2. The number of hydrogen-bond acceptors (Lipinski definition) is 3. The first-order valence-corrected chi connectivity index (χ1v) is 5.55. The second-order valence-corrected chi connectivity index (χ2v) is 3.85.